The molecule has 0 aliphatic carbocycles. The molecule has 0 aromatic heterocycles. The third-order valence-electron chi connectivity index (χ3n) is 4.58. The SMILES string of the molecule is CCCC(O)CCCCCCC(=O)[O-].CCCC(O)CCCCCCC(=O)[O-].[Zn+2]. The second-order valence-corrected chi connectivity index (χ2v) is 7.53. The van der Waals surface area contributed by atoms with E-state index >= 15 is 0 Å². The summed E-state index contributed by atoms with van der Waals surface area (Å²) in [5.74, 6) is -1.92. The van der Waals surface area contributed by atoms with Crippen molar-refractivity contribution in [1.82, 2.24) is 0 Å². The van der Waals surface area contributed by atoms with Gasteiger partial charge >= 0.3 is 19.5 Å². The number of carbonyl (C=O) groups is 2. The van der Waals surface area contributed by atoms with Crippen LogP contribution in [0.2, 0.25) is 0 Å². The van der Waals surface area contributed by atoms with Crippen LogP contribution in [0, 0.1) is 0 Å². The van der Waals surface area contributed by atoms with Gasteiger partial charge in [0.15, 0.2) is 0 Å². The molecule has 0 saturated carbocycles. The van der Waals surface area contributed by atoms with E-state index in [1.54, 1.807) is 0 Å². The summed E-state index contributed by atoms with van der Waals surface area (Å²) >= 11 is 0. The van der Waals surface area contributed by atoms with Crippen LogP contribution in [0.3, 0.4) is 0 Å². The molecule has 0 heterocycles. The van der Waals surface area contributed by atoms with E-state index in [-0.39, 0.29) is 44.5 Å². The van der Waals surface area contributed by atoms with Gasteiger partial charge in [-0.2, -0.15) is 0 Å². The minimum absolute atomic E-state index is 0. The summed E-state index contributed by atoms with van der Waals surface area (Å²) in [7, 11) is 0. The predicted octanol–water partition coefficient (Wildman–Crippen LogP) is 2.47. The number of carboxylic acid groups (broad SMARTS) is 2. The zero-order chi connectivity index (χ0) is 21.6. The van der Waals surface area contributed by atoms with Crippen molar-refractivity contribution in [1.29, 1.82) is 0 Å². The molecule has 7 heteroatoms. The smallest absolute Gasteiger partial charge is 0.550 e. The Morgan fingerprint density at radius 3 is 1.21 bits per heavy atom. The minimum Gasteiger partial charge on any atom is -0.550 e. The molecule has 0 amide bonds. The maximum Gasteiger partial charge on any atom is 2.00 e. The van der Waals surface area contributed by atoms with Crippen molar-refractivity contribution < 1.29 is 49.5 Å². The summed E-state index contributed by atoms with van der Waals surface area (Å²) in [6, 6.07) is 0. The number of rotatable bonds is 18. The van der Waals surface area contributed by atoms with Gasteiger partial charge in [0.25, 0.3) is 0 Å². The van der Waals surface area contributed by atoms with Crippen molar-refractivity contribution in [2.45, 2.75) is 129 Å². The van der Waals surface area contributed by atoms with Crippen LogP contribution in [-0.4, -0.2) is 34.4 Å². The summed E-state index contributed by atoms with van der Waals surface area (Å²) in [6.07, 6.45) is 12.7. The molecule has 2 N–H and O–H groups in total. The summed E-state index contributed by atoms with van der Waals surface area (Å²) in [5, 5.41) is 38.9. The number of aliphatic hydroxyl groups excluding tert-OH is 2. The number of aliphatic carboxylic acids is 2. The number of unbranched alkanes of at least 4 members (excludes halogenated alkanes) is 6. The first-order chi connectivity index (χ1) is 13.3. The number of carbonyl (C=O) groups excluding carboxylic acids is 2. The van der Waals surface area contributed by atoms with E-state index in [0.717, 1.165) is 77.0 Å². The van der Waals surface area contributed by atoms with Crippen LogP contribution in [0.15, 0.2) is 0 Å². The molecule has 0 aromatic carbocycles. The van der Waals surface area contributed by atoms with Crippen molar-refractivity contribution in [3.63, 3.8) is 0 Å². The Morgan fingerprint density at radius 1 is 0.621 bits per heavy atom. The Morgan fingerprint density at radius 2 is 0.931 bits per heavy atom. The Bertz CT molecular complexity index is 331. The van der Waals surface area contributed by atoms with Crippen molar-refractivity contribution in [3.8, 4) is 0 Å². The number of hydrogen-bond acceptors (Lipinski definition) is 6. The van der Waals surface area contributed by atoms with E-state index in [1.165, 1.54) is 0 Å². The molecule has 0 radical (unpaired) electrons. The second kappa shape index (κ2) is 25.5. The first-order valence-electron chi connectivity index (χ1n) is 11.1. The summed E-state index contributed by atoms with van der Waals surface area (Å²) in [4.78, 5) is 20.1. The van der Waals surface area contributed by atoms with Crippen LogP contribution in [0.1, 0.15) is 117 Å². The fourth-order valence-corrected chi connectivity index (χ4v) is 2.96. The van der Waals surface area contributed by atoms with Gasteiger partial charge in [-0.15, -0.1) is 0 Å². The zero-order valence-electron chi connectivity index (χ0n) is 18.7. The Hall–Kier alpha value is -0.517. The molecule has 0 rings (SSSR count). The Balaban J connectivity index is -0.000000451. The molecule has 0 aromatic rings. The van der Waals surface area contributed by atoms with Crippen LogP contribution in [-0.2, 0) is 29.1 Å². The van der Waals surface area contributed by atoms with Gasteiger partial charge in [0.2, 0.25) is 0 Å². The van der Waals surface area contributed by atoms with E-state index in [4.69, 9.17) is 0 Å². The van der Waals surface area contributed by atoms with Crippen LogP contribution < -0.4 is 10.2 Å². The molecule has 0 bridgehead atoms. The molecule has 0 fully saturated rings. The second-order valence-electron chi connectivity index (χ2n) is 7.53. The Labute approximate surface area is 190 Å². The molecule has 6 nitrogen and oxygen atoms in total. The molecular formula is C22H42O6Zn. The molecule has 2 atom stereocenters. The minimum atomic E-state index is -0.962. The molecule has 29 heavy (non-hydrogen) atoms. The van der Waals surface area contributed by atoms with Gasteiger partial charge in [-0.05, 0) is 51.4 Å². The molecule has 0 saturated heterocycles. The zero-order valence-corrected chi connectivity index (χ0v) is 21.7. The third-order valence-corrected chi connectivity index (χ3v) is 4.58. The van der Waals surface area contributed by atoms with Crippen molar-refractivity contribution >= 4 is 11.9 Å². The Kier molecular flexibility index (Phi) is 29.2. The van der Waals surface area contributed by atoms with Gasteiger partial charge in [-0.1, -0.05) is 65.2 Å². The number of aliphatic hydroxyl groups is 2. The molecule has 0 spiro atoms. The van der Waals surface area contributed by atoms with Crippen molar-refractivity contribution in [3.05, 3.63) is 0 Å². The van der Waals surface area contributed by atoms with E-state index < -0.39 is 11.9 Å². The molecular weight excluding hydrogens is 426 g/mol. The van der Waals surface area contributed by atoms with Crippen LogP contribution in [0.25, 0.3) is 0 Å². The number of hydrogen-bond donors (Lipinski definition) is 2. The van der Waals surface area contributed by atoms with Gasteiger partial charge in [0.1, 0.15) is 0 Å². The average Bonchev–Trinajstić information content (AvgIpc) is 2.61. The van der Waals surface area contributed by atoms with E-state index in [1.807, 2.05) is 0 Å². The van der Waals surface area contributed by atoms with Gasteiger partial charge in [0, 0.05) is 11.9 Å². The molecule has 168 valence electrons. The fraction of sp³-hybridized carbons (Fsp3) is 0.909. The van der Waals surface area contributed by atoms with E-state index in [9.17, 15) is 30.0 Å². The van der Waals surface area contributed by atoms with E-state index in [2.05, 4.69) is 13.8 Å². The first kappa shape index (κ1) is 33.1. The van der Waals surface area contributed by atoms with Crippen LogP contribution >= 0.6 is 0 Å². The average molecular weight is 468 g/mol. The van der Waals surface area contributed by atoms with Gasteiger partial charge in [-0.25, -0.2) is 0 Å². The predicted molar refractivity (Wildman–Crippen MR) is 107 cm³/mol. The molecule has 2 unspecified atom stereocenters. The van der Waals surface area contributed by atoms with E-state index in [0.29, 0.717) is 12.8 Å². The summed E-state index contributed by atoms with van der Waals surface area (Å²) in [5.41, 5.74) is 0. The van der Waals surface area contributed by atoms with Gasteiger partial charge in [0.05, 0.1) is 12.2 Å². The standard InChI is InChI=1S/2C11H22O3.Zn/c2*1-2-7-10(12)8-5-3-4-6-9-11(13)14;/h2*10,12H,2-9H2,1H3,(H,13,14);/q;;+2/p-2. The monoisotopic (exact) mass is 466 g/mol. The molecule has 0 aliphatic rings. The maximum atomic E-state index is 10.1. The third kappa shape index (κ3) is 32.4. The summed E-state index contributed by atoms with van der Waals surface area (Å²) in [6.45, 7) is 4.12. The maximum absolute atomic E-state index is 10.1. The van der Waals surface area contributed by atoms with Gasteiger partial charge in [-0.3, -0.25) is 0 Å². The normalized spacial score (nSPS) is 12.3. The van der Waals surface area contributed by atoms with Crippen molar-refractivity contribution in [2.75, 3.05) is 0 Å². The topological polar surface area (TPSA) is 121 Å². The van der Waals surface area contributed by atoms with Crippen molar-refractivity contribution in [2.24, 2.45) is 0 Å². The first-order valence-corrected chi connectivity index (χ1v) is 11.1. The fourth-order valence-electron chi connectivity index (χ4n) is 2.96. The molecule has 0 aliphatic heterocycles. The largest absolute Gasteiger partial charge is 2.00 e. The van der Waals surface area contributed by atoms with Crippen LogP contribution in [0.4, 0.5) is 0 Å². The summed E-state index contributed by atoms with van der Waals surface area (Å²) < 4.78 is 0. The van der Waals surface area contributed by atoms with Crippen LogP contribution in [0.5, 0.6) is 0 Å². The van der Waals surface area contributed by atoms with Gasteiger partial charge < -0.3 is 30.0 Å². The number of carboxylic acids is 2. The quantitative estimate of drug-likeness (QED) is 0.236.